The highest BCUT2D eigenvalue weighted by molar-refractivity contribution is 6.03. The Kier molecular flexibility index (Phi) is 2.57. The monoisotopic (exact) mass is 277 g/mol. The predicted molar refractivity (Wildman–Crippen MR) is 82.2 cm³/mol. The van der Waals surface area contributed by atoms with Crippen molar-refractivity contribution in [2.24, 2.45) is 5.92 Å². The maximum Gasteiger partial charge on any atom is 0.254 e. The number of carbonyl (C=O) groups is 1. The summed E-state index contributed by atoms with van der Waals surface area (Å²) >= 11 is 0. The summed E-state index contributed by atoms with van der Waals surface area (Å²) in [5.41, 5.74) is 3.98. The Balaban J connectivity index is 1.79. The van der Waals surface area contributed by atoms with Crippen LogP contribution >= 0.6 is 0 Å². The third-order valence-electron chi connectivity index (χ3n) is 4.23. The van der Waals surface area contributed by atoms with E-state index in [-0.39, 0.29) is 11.8 Å². The van der Waals surface area contributed by atoms with E-state index in [0.717, 1.165) is 34.2 Å². The number of aromatic nitrogens is 2. The third kappa shape index (κ3) is 1.83. The molecular weight excluding hydrogens is 262 g/mol. The van der Waals surface area contributed by atoms with Gasteiger partial charge in [-0.15, -0.1) is 0 Å². The van der Waals surface area contributed by atoms with Crippen molar-refractivity contribution in [2.75, 3.05) is 7.05 Å². The molecule has 1 saturated heterocycles. The Morgan fingerprint density at radius 3 is 3.24 bits per heavy atom. The second kappa shape index (κ2) is 4.45. The number of benzene rings is 1. The van der Waals surface area contributed by atoms with E-state index in [2.05, 4.69) is 16.3 Å². The molecule has 1 aromatic heterocycles. The van der Waals surface area contributed by atoms with Gasteiger partial charge in [-0.1, -0.05) is 24.3 Å². The summed E-state index contributed by atoms with van der Waals surface area (Å²) < 4.78 is 0. The summed E-state index contributed by atoms with van der Waals surface area (Å²) in [6.45, 7) is 0. The van der Waals surface area contributed by atoms with Gasteiger partial charge in [-0.25, -0.2) is 0 Å². The van der Waals surface area contributed by atoms with Gasteiger partial charge in [0.15, 0.2) is 0 Å². The minimum absolute atomic E-state index is 0.0969. The number of likely N-dealkylation sites (N-methyl/N-ethyl adjacent to an activating group) is 1. The highest BCUT2D eigenvalue weighted by Gasteiger charge is 2.37. The molecular formula is C17H15N3O. The lowest BCUT2D eigenvalue weighted by atomic mass is 9.91. The lowest BCUT2D eigenvalue weighted by Gasteiger charge is -2.16. The van der Waals surface area contributed by atoms with E-state index in [1.807, 2.05) is 43.5 Å². The van der Waals surface area contributed by atoms with Gasteiger partial charge in [-0.3, -0.25) is 9.89 Å². The van der Waals surface area contributed by atoms with Crippen LogP contribution in [0, 0.1) is 5.92 Å². The van der Waals surface area contributed by atoms with Crippen molar-refractivity contribution in [2.45, 2.75) is 6.42 Å². The van der Waals surface area contributed by atoms with Gasteiger partial charge in [0.1, 0.15) is 0 Å². The zero-order valence-electron chi connectivity index (χ0n) is 11.7. The average Bonchev–Trinajstić information content (AvgIpc) is 3.06. The zero-order chi connectivity index (χ0) is 14.4. The minimum atomic E-state index is 0.0969. The van der Waals surface area contributed by atoms with Crippen LogP contribution < -0.4 is 0 Å². The first-order valence-electron chi connectivity index (χ1n) is 7.03. The third-order valence-corrected chi connectivity index (χ3v) is 4.23. The molecule has 1 atom stereocenters. The molecule has 1 aromatic carbocycles. The molecule has 4 nitrogen and oxygen atoms in total. The fourth-order valence-electron chi connectivity index (χ4n) is 3.10. The van der Waals surface area contributed by atoms with Gasteiger partial charge < -0.3 is 4.90 Å². The molecule has 2 heterocycles. The molecule has 0 spiro atoms. The van der Waals surface area contributed by atoms with Crippen molar-refractivity contribution in [3.05, 3.63) is 59.5 Å². The van der Waals surface area contributed by atoms with Crippen LogP contribution in [-0.2, 0) is 4.79 Å². The summed E-state index contributed by atoms with van der Waals surface area (Å²) in [6, 6.07) is 6.08. The lowest BCUT2D eigenvalue weighted by Crippen LogP contribution is -2.18. The molecule has 1 amide bonds. The molecule has 2 aliphatic rings. The Bertz CT molecular complexity index is 825. The van der Waals surface area contributed by atoms with E-state index in [1.54, 1.807) is 11.1 Å². The molecule has 1 N–H and O–H groups in total. The quantitative estimate of drug-likeness (QED) is 0.815. The van der Waals surface area contributed by atoms with E-state index >= 15 is 0 Å². The van der Waals surface area contributed by atoms with Crippen LogP contribution in [0.4, 0.5) is 0 Å². The number of hydrogen-bond acceptors (Lipinski definition) is 2. The number of amides is 1. The maximum atomic E-state index is 12.5. The summed E-state index contributed by atoms with van der Waals surface area (Å²) in [5.74, 6) is 0.282. The molecule has 0 radical (unpaired) electrons. The van der Waals surface area contributed by atoms with Crippen molar-refractivity contribution >= 4 is 22.9 Å². The number of allylic oxidation sites excluding steroid dienone is 4. The van der Waals surface area contributed by atoms with Gasteiger partial charge in [-0.2, -0.15) is 5.10 Å². The number of hydrogen-bond donors (Lipinski definition) is 1. The van der Waals surface area contributed by atoms with E-state index in [0.29, 0.717) is 0 Å². The normalized spacial score (nSPS) is 23.0. The van der Waals surface area contributed by atoms with Gasteiger partial charge in [0.2, 0.25) is 0 Å². The first kappa shape index (κ1) is 12.1. The van der Waals surface area contributed by atoms with E-state index < -0.39 is 0 Å². The standard InChI is InChI=1S/C17H15N3O/c1-20-16-5-3-2-4-13(16)14(17(20)21)8-11-6-7-12-10-18-19-15(12)9-11/h2-3,5-10,13H,4H2,1H3,(H,18,19)/b14-8+. The number of nitrogens with one attached hydrogen (secondary N) is 1. The topological polar surface area (TPSA) is 49.0 Å². The number of aromatic amines is 1. The first-order valence-corrected chi connectivity index (χ1v) is 7.03. The lowest BCUT2D eigenvalue weighted by molar-refractivity contribution is -0.122. The molecule has 0 bridgehead atoms. The van der Waals surface area contributed by atoms with E-state index in [9.17, 15) is 4.79 Å². The van der Waals surface area contributed by atoms with Crippen molar-refractivity contribution in [1.82, 2.24) is 15.1 Å². The van der Waals surface area contributed by atoms with Crippen molar-refractivity contribution in [3.63, 3.8) is 0 Å². The molecule has 2 aromatic rings. The van der Waals surface area contributed by atoms with Crippen LogP contribution in [0.5, 0.6) is 0 Å². The van der Waals surface area contributed by atoms with E-state index in [1.165, 1.54) is 0 Å². The van der Waals surface area contributed by atoms with Gasteiger partial charge in [-0.05, 0) is 30.2 Å². The predicted octanol–water partition coefficient (Wildman–Crippen LogP) is 2.88. The molecule has 104 valence electrons. The molecule has 21 heavy (non-hydrogen) atoms. The number of carbonyl (C=O) groups excluding carboxylic acids is 1. The van der Waals surface area contributed by atoms with Crippen LogP contribution in [0.25, 0.3) is 17.0 Å². The van der Waals surface area contributed by atoms with Crippen LogP contribution in [0.3, 0.4) is 0 Å². The van der Waals surface area contributed by atoms with E-state index in [4.69, 9.17) is 0 Å². The SMILES string of the molecule is CN1C(=O)/C(=C/c2ccc3cn[nH]c3c2)C2CC=CC=C21. The van der Waals surface area contributed by atoms with Crippen LogP contribution in [0.1, 0.15) is 12.0 Å². The largest absolute Gasteiger partial charge is 0.315 e. The van der Waals surface area contributed by atoms with Crippen LogP contribution in [0.2, 0.25) is 0 Å². The first-order chi connectivity index (χ1) is 10.2. The van der Waals surface area contributed by atoms with Gasteiger partial charge in [0.25, 0.3) is 5.91 Å². The molecule has 1 aliphatic carbocycles. The highest BCUT2D eigenvalue weighted by Crippen LogP contribution is 2.38. The fourth-order valence-corrected chi connectivity index (χ4v) is 3.10. The van der Waals surface area contributed by atoms with Crippen molar-refractivity contribution in [1.29, 1.82) is 0 Å². The summed E-state index contributed by atoms with van der Waals surface area (Å²) in [7, 11) is 1.85. The van der Waals surface area contributed by atoms with Gasteiger partial charge in [0, 0.05) is 29.6 Å². The Morgan fingerprint density at radius 1 is 1.43 bits per heavy atom. The molecule has 0 saturated carbocycles. The van der Waals surface area contributed by atoms with Crippen molar-refractivity contribution in [3.8, 4) is 0 Å². The number of H-pyrrole nitrogens is 1. The molecule has 4 heteroatoms. The Morgan fingerprint density at radius 2 is 2.33 bits per heavy atom. The van der Waals surface area contributed by atoms with Crippen molar-refractivity contribution < 1.29 is 4.79 Å². The molecule has 1 aliphatic heterocycles. The van der Waals surface area contributed by atoms with Gasteiger partial charge in [0.05, 0.1) is 11.7 Å². The highest BCUT2D eigenvalue weighted by atomic mass is 16.2. The zero-order valence-corrected chi connectivity index (χ0v) is 11.7. The molecule has 4 rings (SSSR count). The molecule has 1 fully saturated rings. The fraction of sp³-hybridized carbons (Fsp3) is 0.176. The maximum absolute atomic E-state index is 12.5. The Hall–Kier alpha value is -2.62. The smallest absolute Gasteiger partial charge is 0.254 e. The second-order valence-corrected chi connectivity index (χ2v) is 5.49. The second-order valence-electron chi connectivity index (χ2n) is 5.49. The summed E-state index contributed by atoms with van der Waals surface area (Å²) in [5, 5.41) is 8.07. The molecule has 1 unspecified atom stereocenters. The number of nitrogens with zero attached hydrogens (tertiary/aromatic N) is 2. The number of fused-ring (bicyclic) bond motifs is 2. The summed E-state index contributed by atoms with van der Waals surface area (Å²) in [4.78, 5) is 14.2. The summed E-state index contributed by atoms with van der Waals surface area (Å²) in [6.07, 6.45) is 10.9. The Labute approximate surface area is 122 Å². The van der Waals surface area contributed by atoms with Crippen LogP contribution in [-0.4, -0.2) is 28.1 Å². The minimum Gasteiger partial charge on any atom is -0.315 e. The number of likely N-dealkylation sites (tertiary alicyclic amines) is 1. The number of rotatable bonds is 1. The van der Waals surface area contributed by atoms with Crippen LogP contribution in [0.15, 0.2) is 53.9 Å². The average molecular weight is 277 g/mol. The van der Waals surface area contributed by atoms with Gasteiger partial charge >= 0.3 is 0 Å².